The lowest BCUT2D eigenvalue weighted by atomic mass is 10.1. The Hall–Kier alpha value is -1.89. The molecule has 2 atom stereocenters. The number of aromatic nitrogens is 2. The average Bonchev–Trinajstić information content (AvgIpc) is 3.09. The van der Waals surface area contributed by atoms with Gasteiger partial charge in [-0.2, -0.15) is 5.10 Å². The van der Waals surface area contributed by atoms with E-state index in [-0.39, 0.29) is 18.2 Å². The van der Waals surface area contributed by atoms with Crippen molar-refractivity contribution in [3.05, 3.63) is 12.4 Å². The first-order valence-corrected chi connectivity index (χ1v) is 7.25. The first kappa shape index (κ1) is 15.5. The molecular formula is C14H22N4O3. The number of hydrogen-bond acceptors (Lipinski definition) is 4. The lowest BCUT2D eigenvalue weighted by Crippen LogP contribution is -2.45. The van der Waals surface area contributed by atoms with Gasteiger partial charge in [-0.1, -0.05) is 0 Å². The van der Waals surface area contributed by atoms with Crippen LogP contribution >= 0.6 is 0 Å². The Morgan fingerprint density at radius 2 is 2.14 bits per heavy atom. The largest absolute Gasteiger partial charge is 0.376 e. The van der Waals surface area contributed by atoms with Gasteiger partial charge >= 0.3 is 11.8 Å². The number of anilines is 1. The third-order valence-electron chi connectivity index (χ3n) is 3.48. The number of ether oxygens (including phenoxy) is 1. The van der Waals surface area contributed by atoms with Gasteiger partial charge in [-0.15, -0.1) is 0 Å². The Morgan fingerprint density at radius 1 is 1.38 bits per heavy atom. The van der Waals surface area contributed by atoms with E-state index in [0.29, 0.717) is 12.3 Å². The fourth-order valence-electron chi connectivity index (χ4n) is 2.24. The fraction of sp³-hybridized carbons (Fsp3) is 0.643. The number of carbonyl (C=O) groups excluding carboxylic acids is 2. The maximum atomic E-state index is 11.8. The van der Waals surface area contributed by atoms with Crippen molar-refractivity contribution in [3.8, 4) is 0 Å². The summed E-state index contributed by atoms with van der Waals surface area (Å²) in [5.41, 5.74) is 0.508. The van der Waals surface area contributed by atoms with Crippen LogP contribution in [0, 0.1) is 0 Å². The van der Waals surface area contributed by atoms with E-state index in [1.54, 1.807) is 10.9 Å². The van der Waals surface area contributed by atoms with Crippen LogP contribution < -0.4 is 10.6 Å². The molecule has 2 N–H and O–H groups in total. The Kier molecular flexibility index (Phi) is 4.95. The van der Waals surface area contributed by atoms with E-state index >= 15 is 0 Å². The number of nitrogens with one attached hydrogen (secondary N) is 2. The molecule has 0 bridgehead atoms. The minimum absolute atomic E-state index is 0.00885. The Labute approximate surface area is 124 Å². The van der Waals surface area contributed by atoms with Gasteiger partial charge in [0.15, 0.2) is 0 Å². The van der Waals surface area contributed by atoms with Gasteiger partial charge in [-0.05, 0) is 33.6 Å². The van der Waals surface area contributed by atoms with Gasteiger partial charge in [0.2, 0.25) is 0 Å². The minimum Gasteiger partial charge on any atom is -0.376 e. The first-order chi connectivity index (χ1) is 9.97. The summed E-state index contributed by atoms with van der Waals surface area (Å²) in [5, 5.41) is 9.31. The zero-order valence-electron chi connectivity index (χ0n) is 12.6. The Morgan fingerprint density at radius 3 is 2.71 bits per heavy atom. The number of nitrogens with zero attached hydrogens (tertiary/aromatic N) is 2. The van der Waals surface area contributed by atoms with E-state index in [0.717, 1.165) is 12.8 Å². The molecule has 0 aromatic carbocycles. The zero-order chi connectivity index (χ0) is 15.4. The standard InChI is InChI=1S/C14H22N4O3/c1-9(2)18-8-11(7-15-18)17-14(20)13(19)16-10(3)12-5-4-6-21-12/h7-10,12H,4-6H2,1-3H3,(H,16,19)(H,17,20)/t10-,12-/m1/s1. The second-order valence-electron chi connectivity index (χ2n) is 5.57. The number of hydrogen-bond donors (Lipinski definition) is 2. The SMILES string of the molecule is CC(C)n1cc(NC(=O)C(=O)N[C@H](C)[C@H]2CCCO2)cn1. The summed E-state index contributed by atoms with van der Waals surface area (Å²) >= 11 is 0. The van der Waals surface area contributed by atoms with Crippen molar-refractivity contribution in [2.24, 2.45) is 0 Å². The molecular weight excluding hydrogens is 272 g/mol. The fourth-order valence-corrected chi connectivity index (χ4v) is 2.24. The molecule has 2 amide bonds. The highest BCUT2D eigenvalue weighted by atomic mass is 16.5. The molecule has 1 aliphatic heterocycles. The maximum absolute atomic E-state index is 11.8. The van der Waals surface area contributed by atoms with Crippen LogP contribution in [0.2, 0.25) is 0 Å². The average molecular weight is 294 g/mol. The molecule has 0 spiro atoms. The molecule has 1 aliphatic rings. The Bertz CT molecular complexity index is 506. The van der Waals surface area contributed by atoms with Crippen LogP contribution in [0.1, 0.15) is 39.7 Å². The van der Waals surface area contributed by atoms with Gasteiger partial charge in [-0.25, -0.2) is 0 Å². The van der Waals surface area contributed by atoms with Crippen molar-refractivity contribution in [1.82, 2.24) is 15.1 Å². The van der Waals surface area contributed by atoms with Crippen molar-refractivity contribution in [3.63, 3.8) is 0 Å². The first-order valence-electron chi connectivity index (χ1n) is 7.25. The summed E-state index contributed by atoms with van der Waals surface area (Å²) in [6, 6.07) is 0.0214. The van der Waals surface area contributed by atoms with Crippen molar-refractivity contribution in [2.75, 3.05) is 11.9 Å². The van der Waals surface area contributed by atoms with Crippen molar-refractivity contribution in [1.29, 1.82) is 0 Å². The second kappa shape index (κ2) is 6.71. The lowest BCUT2D eigenvalue weighted by Gasteiger charge is -2.19. The van der Waals surface area contributed by atoms with E-state index in [4.69, 9.17) is 4.74 Å². The topological polar surface area (TPSA) is 85.2 Å². The summed E-state index contributed by atoms with van der Waals surface area (Å²) in [4.78, 5) is 23.7. The number of carbonyl (C=O) groups is 2. The van der Waals surface area contributed by atoms with E-state index in [1.807, 2.05) is 20.8 Å². The van der Waals surface area contributed by atoms with Gasteiger partial charge in [0.1, 0.15) is 0 Å². The summed E-state index contributed by atoms with van der Waals surface area (Å²) < 4.78 is 7.19. The molecule has 116 valence electrons. The second-order valence-corrected chi connectivity index (χ2v) is 5.57. The minimum atomic E-state index is -0.692. The van der Waals surface area contributed by atoms with Gasteiger partial charge in [0, 0.05) is 18.8 Å². The molecule has 0 aliphatic carbocycles. The molecule has 1 saturated heterocycles. The van der Waals surface area contributed by atoms with E-state index in [2.05, 4.69) is 15.7 Å². The summed E-state index contributed by atoms with van der Waals surface area (Å²) in [6.45, 7) is 6.52. The third kappa shape index (κ3) is 4.04. The normalized spacial score (nSPS) is 19.5. The van der Waals surface area contributed by atoms with Crippen LogP contribution in [0.15, 0.2) is 12.4 Å². The van der Waals surface area contributed by atoms with Gasteiger partial charge in [0.05, 0.1) is 24.0 Å². The van der Waals surface area contributed by atoms with Crippen LogP contribution in [-0.2, 0) is 14.3 Å². The van der Waals surface area contributed by atoms with E-state index < -0.39 is 11.8 Å². The highest BCUT2D eigenvalue weighted by Gasteiger charge is 2.25. The molecule has 1 aromatic rings. The van der Waals surface area contributed by atoms with E-state index in [9.17, 15) is 9.59 Å². The van der Waals surface area contributed by atoms with Gasteiger partial charge in [-0.3, -0.25) is 14.3 Å². The molecule has 21 heavy (non-hydrogen) atoms. The summed E-state index contributed by atoms with van der Waals surface area (Å²) in [7, 11) is 0. The highest BCUT2D eigenvalue weighted by molar-refractivity contribution is 6.39. The molecule has 7 heteroatoms. The van der Waals surface area contributed by atoms with Gasteiger partial charge in [0.25, 0.3) is 0 Å². The Balaban J connectivity index is 1.85. The molecule has 0 saturated carbocycles. The van der Waals surface area contributed by atoms with Crippen LogP contribution in [-0.4, -0.2) is 40.3 Å². The highest BCUT2D eigenvalue weighted by Crippen LogP contribution is 2.15. The van der Waals surface area contributed by atoms with E-state index in [1.165, 1.54) is 6.20 Å². The molecule has 2 heterocycles. The smallest absolute Gasteiger partial charge is 0.313 e. The predicted molar refractivity (Wildman–Crippen MR) is 77.8 cm³/mol. The molecule has 2 rings (SSSR count). The van der Waals surface area contributed by atoms with Crippen molar-refractivity contribution in [2.45, 2.75) is 51.8 Å². The summed E-state index contributed by atoms with van der Waals surface area (Å²) in [6.07, 6.45) is 5.11. The summed E-state index contributed by atoms with van der Waals surface area (Å²) in [5.74, 6) is -1.35. The predicted octanol–water partition coefficient (Wildman–Crippen LogP) is 1.09. The van der Waals surface area contributed by atoms with Crippen LogP contribution in [0.25, 0.3) is 0 Å². The molecule has 1 aromatic heterocycles. The maximum Gasteiger partial charge on any atom is 0.313 e. The van der Waals surface area contributed by atoms with Crippen LogP contribution in [0.5, 0.6) is 0 Å². The van der Waals surface area contributed by atoms with Crippen LogP contribution in [0.4, 0.5) is 5.69 Å². The molecule has 7 nitrogen and oxygen atoms in total. The zero-order valence-corrected chi connectivity index (χ0v) is 12.6. The molecule has 1 fully saturated rings. The molecule has 0 radical (unpaired) electrons. The lowest BCUT2D eigenvalue weighted by molar-refractivity contribution is -0.137. The quantitative estimate of drug-likeness (QED) is 0.814. The number of amides is 2. The third-order valence-corrected chi connectivity index (χ3v) is 3.48. The monoisotopic (exact) mass is 294 g/mol. The van der Waals surface area contributed by atoms with Crippen molar-refractivity contribution < 1.29 is 14.3 Å². The van der Waals surface area contributed by atoms with Crippen LogP contribution in [0.3, 0.4) is 0 Å². The van der Waals surface area contributed by atoms with Gasteiger partial charge < -0.3 is 15.4 Å². The van der Waals surface area contributed by atoms with Crippen molar-refractivity contribution >= 4 is 17.5 Å². The number of rotatable bonds is 4. The molecule has 0 unspecified atom stereocenters.